The number of carbonyl (C=O) groups is 1. The van der Waals surface area contributed by atoms with Crippen molar-refractivity contribution in [3.05, 3.63) is 70.0 Å². The third kappa shape index (κ3) is 3.19. The van der Waals surface area contributed by atoms with Gasteiger partial charge in [-0.25, -0.2) is 0 Å². The minimum atomic E-state index is -0.452. The second kappa shape index (κ2) is 6.19. The summed E-state index contributed by atoms with van der Waals surface area (Å²) in [5.41, 5.74) is 9.09. The van der Waals surface area contributed by atoms with Crippen LogP contribution in [0.4, 0.5) is 0 Å². The molecule has 0 radical (unpaired) electrons. The van der Waals surface area contributed by atoms with Gasteiger partial charge in [0.15, 0.2) is 5.78 Å². The van der Waals surface area contributed by atoms with Gasteiger partial charge in [0.05, 0.1) is 5.92 Å². The molecular weight excluding hydrogens is 284 g/mol. The highest BCUT2D eigenvalue weighted by Gasteiger charge is 2.28. The number of carbonyl (C=O) groups excluding carboxylic acids is 1. The van der Waals surface area contributed by atoms with Crippen molar-refractivity contribution in [1.82, 2.24) is 4.90 Å². The highest BCUT2D eigenvalue weighted by Crippen LogP contribution is 2.33. The summed E-state index contributed by atoms with van der Waals surface area (Å²) in [6, 6.07) is 9.20. The number of benzene rings is 1. The molecule has 0 aliphatic heterocycles. The number of halogens is 1. The molecule has 4 heteroatoms. The molecule has 1 aliphatic carbocycles. The monoisotopic (exact) mass is 302 g/mol. The second-order valence-electron chi connectivity index (χ2n) is 5.25. The third-order valence-corrected chi connectivity index (χ3v) is 3.88. The number of rotatable bonds is 3. The first kappa shape index (κ1) is 15.4. The zero-order chi connectivity index (χ0) is 15.6. The number of ketones is 1. The van der Waals surface area contributed by atoms with Gasteiger partial charge in [0.25, 0.3) is 0 Å². The maximum atomic E-state index is 12.8. The molecule has 110 valence electrons. The van der Waals surface area contributed by atoms with Crippen LogP contribution in [0.15, 0.2) is 64.5 Å². The van der Waals surface area contributed by atoms with Crippen LogP contribution in [0.5, 0.6) is 0 Å². The standard InChI is InChI=1S/C17H19ClN2O/c1-11(20(2)3)16-14(9-13(18)10-15(16)19)17(21)12-7-5-4-6-8-12/h4-10,14H,19H2,1-3H3. The van der Waals surface area contributed by atoms with E-state index in [0.29, 0.717) is 16.3 Å². The largest absolute Gasteiger partial charge is 0.398 e. The quantitative estimate of drug-likeness (QED) is 0.872. The molecule has 2 rings (SSSR count). The summed E-state index contributed by atoms with van der Waals surface area (Å²) < 4.78 is 0. The van der Waals surface area contributed by atoms with Gasteiger partial charge in [-0.3, -0.25) is 4.79 Å². The normalized spacial score (nSPS) is 20.5. The highest BCUT2D eigenvalue weighted by atomic mass is 35.5. The number of allylic oxidation sites excluding steroid dienone is 5. The molecule has 0 saturated carbocycles. The molecule has 0 fully saturated rings. The first-order chi connectivity index (χ1) is 9.91. The minimum Gasteiger partial charge on any atom is -0.398 e. The summed E-state index contributed by atoms with van der Waals surface area (Å²) in [6.07, 6.45) is 3.45. The van der Waals surface area contributed by atoms with Gasteiger partial charge in [0, 0.05) is 41.7 Å². The molecule has 1 atom stereocenters. The fourth-order valence-electron chi connectivity index (χ4n) is 2.36. The van der Waals surface area contributed by atoms with Crippen LogP contribution in [0, 0.1) is 5.92 Å². The molecule has 0 heterocycles. The van der Waals surface area contributed by atoms with Gasteiger partial charge in [0.1, 0.15) is 0 Å². The van der Waals surface area contributed by atoms with E-state index in [1.165, 1.54) is 0 Å². The van der Waals surface area contributed by atoms with Crippen molar-refractivity contribution in [3.63, 3.8) is 0 Å². The average molecular weight is 303 g/mol. The first-order valence-corrected chi connectivity index (χ1v) is 7.12. The Morgan fingerprint density at radius 2 is 1.86 bits per heavy atom. The van der Waals surface area contributed by atoms with Gasteiger partial charge in [0.2, 0.25) is 0 Å². The van der Waals surface area contributed by atoms with E-state index >= 15 is 0 Å². The molecule has 0 amide bonds. The predicted molar refractivity (Wildman–Crippen MR) is 86.9 cm³/mol. The molecule has 0 spiro atoms. The van der Waals surface area contributed by atoms with E-state index in [4.69, 9.17) is 17.3 Å². The molecule has 1 aliphatic rings. The Kier molecular flexibility index (Phi) is 4.53. The molecule has 3 nitrogen and oxygen atoms in total. The SMILES string of the molecule is CC(=C1C(N)=CC(Cl)=CC1C(=O)c1ccccc1)N(C)C. The van der Waals surface area contributed by atoms with E-state index in [0.717, 1.165) is 11.3 Å². The van der Waals surface area contributed by atoms with Crippen molar-refractivity contribution in [2.24, 2.45) is 11.7 Å². The van der Waals surface area contributed by atoms with E-state index in [1.54, 1.807) is 24.3 Å². The Labute approximate surface area is 130 Å². The van der Waals surface area contributed by atoms with Crippen LogP contribution in [0.1, 0.15) is 17.3 Å². The van der Waals surface area contributed by atoms with Crippen molar-refractivity contribution in [1.29, 1.82) is 0 Å². The summed E-state index contributed by atoms with van der Waals surface area (Å²) in [6.45, 7) is 1.95. The fourth-order valence-corrected chi connectivity index (χ4v) is 2.60. The molecule has 1 aromatic rings. The lowest BCUT2D eigenvalue weighted by atomic mass is 9.84. The second-order valence-corrected chi connectivity index (χ2v) is 5.69. The Hall–Kier alpha value is -2.00. The third-order valence-electron chi connectivity index (χ3n) is 3.64. The van der Waals surface area contributed by atoms with E-state index in [1.807, 2.05) is 44.1 Å². The van der Waals surface area contributed by atoms with Crippen molar-refractivity contribution in [2.45, 2.75) is 6.92 Å². The number of nitrogens with two attached hydrogens (primary N) is 1. The first-order valence-electron chi connectivity index (χ1n) is 6.74. The minimum absolute atomic E-state index is 0.000926. The smallest absolute Gasteiger partial charge is 0.174 e. The summed E-state index contributed by atoms with van der Waals surface area (Å²) >= 11 is 6.10. The zero-order valence-electron chi connectivity index (χ0n) is 12.4. The van der Waals surface area contributed by atoms with Crippen molar-refractivity contribution in [2.75, 3.05) is 14.1 Å². The summed E-state index contributed by atoms with van der Waals surface area (Å²) in [5.74, 6) is -0.451. The summed E-state index contributed by atoms with van der Waals surface area (Å²) in [7, 11) is 3.86. The van der Waals surface area contributed by atoms with Crippen molar-refractivity contribution in [3.8, 4) is 0 Å². The van der Waals surface area contributed by atoms with Crippen LogP contribution in [0.2, 0.25) is 0 Å². The highest BCUT2D eigenvalue weighted by molar-refractivity contribution is 6.31. The Bertz CT molecular complexity index is 642. The maximum Gasteiger partial charge on any atom is 0.174 e. The van der Waals surface area contributed by atoms with Crippen LogP contribution in [0.3, 0.4) is 0 Å². The lowest BCUT2D eigenvalue weighted by Gasteiger charge is -2.26. The average Bonchev–Trinajstić information content (AvgIpc) is 2.46. The number of hydrogen-bond acceptors (Lipinski definition) is 3. The van der Waals surface area contributed by atoms with E-state index in [9.17, 15) is 4.79 Å². The van der Waals surface area contributed by atoms with Gasteiger partial charge in [-0.05, 0) is 13.0 Å². The Morgan fingerprint density at radius 3 is 2.43 bits per heavy atom. The van der Waals surface area contributed by atoms with Crippen molar-refractivity contribution < 1.29 is 4.79 Å². The van der Waals surface area contributed by atoms with Gasteiger partial charge < -0.3 is 10.6 Å². The van der Waals surface area contributed by atoms with Crippen LogP contribution in [-0.4, -0.2) is 24.8 Å². The van der Waals surface area contributed by atoms with Gasteiger partial charge in [-0.2, -0.15) is 0 Å². The fraction of sp³-hybridized carbons (Fsp3) is 0.235. The Morgan fingerprint density at radius 1 is 1.24 bits per heavy atom. The molecule has 2 N–H and O–H groups in total. The van der Waals surface area contributed by atoms with E-state index in [2.05, 4.69) is 0 Å². The molecular formula is C17H19ClN2O. The Balaban J connectivity index is 2.51. The maximum absolute atomic E-state index is 12.8. The number of hydrogen-bond donors (Lipinski definition) is 1. The predicted octanol–water partition coefficient (Wildman–Crippen LogP) is 3.30. The molecule has 1 aromatic carbocycles. The molecule has 0 saturated heterocycles. The summed E-state index contributed by atoms with van der Waals surface area (Å²) in [4.78, 5) is 14.7. The van der Waals surface area contributed by atoms with E-state index < -0.39 is 5.92 Å². The number of nitrogens with zero attached hydrogens (tertiary/aromatic N) is 1. The molecule has 0 bridgehead atoms. The van der Waals surface area contributed by atoms with Crippen LogP contribution >= 0.6 is 11.6 Å². The lowest BCUT2D eigenvalue weighted by molar-refractivity contribution is 0.0959. The molecule has 21 heavy (non-hydrogen) atoms. The summed E-state index contributed by atoms with van der Waals surface area (Å²) in [5, 5.41) is 0.497. The van der Waals surface area contributed by atoms with Crippen LogP contribution in [-0.2, 0) is 0 Å². The lowest BCUT2D eigenvalue weighted by Crippen LogP contribution is -2.26. The van der Waals surface area contributed by atoms with E-state index in [-0.39, 0.29) is 5.78 Å². The van der Waals surface area contributed by atoms with Crippen LogP contribution in [0.25, 0.3) is 0 Å². The van der Waals surface area contributed by atoms with Crippen molar-refractivity contribution >= 4 is 17.4 Å². The molecule has 1 unspecified atom stereocenters. The molecule has 0 aromatic heterocycles. The van der Waals surface area contributed by atoms with Crippen LogP contribution < -0.4 is 5.73 Å². The topological polar surface area (TPSA) is 46.3 Å². The zero-order valence-corrected chi connectivity index (χ0v) is 13.2. The van der Waals surface area contributed by atoms with Gasteiger partial charge in [-0.1, -0.05) is 48.0 Å². The number of Topliss-reactive ketones (excluding diaryl/α,β-unsaturated/α-hetero) is 1. The van der Waals surface area contributed by atoms with Gasteiger partial charge >= 0.3 is 0 Å². The van der Waals surface area contributed by atoms with Gasteiger partial charge in [-0.15, -0.1) is 0 Å².